The van der Waals surface area contributed by atoms with Crippen LogP contribution in [0.1, 0.15) is 21.5 Å². The largest absolute Gasteiger partial charge is 0.356 e. The number of guanidine groups is 1. The summed E-state index contributed by atoms with van der Waals surface area (Å²) in [6, 6.07) is 11.3. The predicted molar refractivity (Wildman–Crippen MR) is 106 cm³/mol. The van der Waals surface area contributed by atoms with E-state index in [1.54, 1.807) is 19.3 Å². The number of aliphatic imine (C=N–C) groups is 1. The Bertz CT molecular complexity index is 746. The summed E-state index contributed by atoms with van der Waals surface area (Å²) in [6.45, 7) is 3.78. The Morgan fingerprint density at radius 1 is 1.12 bits per heavy atom. The minimum atomic E-state index is -0.0753. The number of aryl methyl sites for hydroxylation is 1. The number of carbonyl (C=O) groups excluding carboxylic acids is 1. The van der Waals surface area contributed by atoms with Crippen LogP contribution in [0, 0.1) is 6.92 Å². The lowest BCUT2D eigenvalue weighted by atomic mass is 10.1. The van der Waals surface area contributed by atoms with Crippen LogP contribution in [0.2, 0.25) is 5.15 Å². The Labute approximate surface area is 159 Å². The van der Waals surface area contributed by atoms with Crippen molar-refractivity contribution in [1.29, 1.82) is 0 Å². The maximum absolute atomic E-state index is 12.1. The fourth-order valence-electron chi connectivity index (χ4n) is 2.35. The normalized spacial score (nSPS) is 11.1. The molecule has 2 rings (SSSR count). The van der Waals surface area contributed by atoms with Crippen molar-refractivity contribution in [2.45, 2.75) is 13.3 Å². The van der Waals surface area contributed by atoms with Gasteiger partial charge in [-0.2, -0.15) is 0 Å². The summed E-state index contributed by atoms with van der Waals surface area (Å²) in [5.74, 6) is 0.616. The monoisotopic (exact) mass is 373 g/mol. The van der Waals surface area contributed by atoms with Gasteiger partial charge in [0.25, 0.3) is 5.91 Å². The molecule has 0 radical (unpaired) electrons. The average Bonchev–Trinajstić information content (AvgIpc) is 2.65. The predicted octanol–water partition coefficient (Wildman–Crippen LogP) is 2.18. The van der Waals surface area contributed by atoms with E-state index in [0.717, 1.165) is 24.1 Å². The summed E-state index contributed by atoms with van der Waals surface area (Å²) in [4.78, 5) is 20.3. The zero-order chi connectivity index (χ0) is 18.8. The molecule has 0 atom stereocenters. The van der Waals surface area contributed by atoms with Gasteiger partial charge >= 0.3 is 0 Å². The number of benzene rings is 1. The number of pyridine rings is 1. The molecule has 0 unspecified atom stereocenters. The molecular weight excluding hydrogens is 350 g/mol. The van der Waals surface area contributed by atoms with Crippen LogP contribution in [-0.4, -0.2) is 43.5 Å². The number of amides is 1. The second-order valence-corrected chi connectivity index (χ2v) is 6.18. The molecule has 6 nitrogen and oxygen atoms in total. The lowest BCUT2D eigenvalue weighted by molar-refractivity contribution is 0.0954. The minimum absolute atomic E-state index is 0.0753. The maximum atomic E-state index is 12.1. The van der Waals surface area contributed by atoms with Crippen LogP contribution in [0.3, 0.4) is 0 Å². The summed E-state index contributed by atoms with van der Waals surface area (Å²) >= 11 is 5.77. The number of hydrogen-bond acceptors (Lipinski definition) is 3. The summed E-state index contributed by atoms with van der Waals surface area (Å²) in [5.41, 5.74) is 2.84. The van der Waals surface area contributed by atoms with Crippen molar-refractivity contribution >= 4 is 23.5 Å². The van der Waals surface area contributed by atoms with Gasteiger partial charge in [0.1, 0.15) is 5.15 Å². The van der Waals surface area contributed by atoms with Crippen LogP contribution in [0.25, 0.3) is 0 Å². The van der Waals surface area contributed by atoms with E-state index in [2.05, 4.69) is 25.9 Å². The molecule has 7 heteroatoms. The van der Waals surface area contributed by atoms with Crippen LogP contribution in [0.5, 0.6) is 0 Å². The lowest BCUT2D eigenvalue weighted by Crippen LogP contribution is -2.42. The molecule has 0 aliphatic heterocycles. The van der Waals surface area contributed by atoms with Crippen LogP contribution >= 0.6 is 11.6 Å². The summed E-state index contributed by atoms with van der Waals surface area (Å²) in [7, 11) is 1.71. The second-order valence-electron chi connectivity index (χ2n) is 5.79. The molecule has 2 aromatic rings. The number of nitrogens with zero attached hydrogens (tertiary/aromatic N) is 2. The molecule has 1 amide bonds. The van der Waals surface area contributed by atoms with Crippen molar-refractivity contribution < 1.29 is 4.79 Å². The van der Waals surface area contributed by atoms with E-state index >= 15 is 0 Å². The van der Waals surface area contributed by atoms with Gasteiger partial charge in [0.05, 0.1) is 0 Å². The van der Waals surface area contributed by atoms with E-state index in [4.69, 9.17) is 11.6 Å². The first-order valence-electron chi connectivity index (χ1n) is 8.48. The van der Waals surface area contributed by atoms with E-state index in [-0.39, 0.29) is 5.91 Å². The molecule has 0 aliphatic carbocycles. The Morgan fingerprint density at radius 3 is 2.58 bits per heavy atom. The van der Waals surface area contributed by atoms with E-state index in [9.17, 15) is 4.79 Å². The number of carbonyl (C=O) groups is 1. The van der Waals surface area contributed by atoms with Gasteiger partial charge in [-0.1, -0.05) is 35.4 Å². The summed E-state index contributed by atoms with van der Waals surface area (Å²) in [6.07, 6.45) is 2.58. The standard InChI is InChI=1S/C19H24ClN5O/c1-14-4-3-5-16(12-14)18(26)22-10-11-24-19(21-2)23-9-8-15-6-7-17(20)25-13-15/h3-7,12-13H,8-11H2,1-2H3,(H,22,26)(H2,21,23,24). The molecule has 3 N–H and O–H groups in total. The molecule has 0 aliphatic rings. The topological polar surface area (TPSA) is 78.4 Å². The number of rotatable bonds is 7. The van der Waals surface area contributed by atoms with E-state index in [1.165, 1.54) is 0 Å². The third-order valence-corrected chi connectivity index (χ3v) is 3.93. The van der Waals surface area contributed by atoms with E-state index in [1.807, 2.05) is 37.3 Å². The van der Waals surface area contributed by atoms with Gasteiger partial charge in [-0.15, -0.1) is 0 Å². The minimum Gasteiger partial charge on any atom is -0.356 e. The van der Waals surface area contributed by atoms with Crippen LogP contribution in [0.4, 0.5) is 0 Å². The highest BCUT2D eigenvalue weighted by Crippen LogP contribution is 2.05. The fraction of sp³-hybridized carbons (Fsp3) is 0.316. The number of hydrogen-bond donors (Lipinski definition) is 3. The Hall–Kier alpha value is -2.60. The summed E-state index contributed by atoms with van der Waals surface area (Å²) < 4.78 is 0. The summed E-state index contributed by atoms with van der Waals surface area (Å²) in [5, 5.41) is 9.78. The fourth-order valence-corrected chi connectivity index (χ4v) is 2.46. The smallest absolute Gasteiger partial charge is 0.251 e. The molecule has 0 bridgehead atoms. The first kappa shape index (κ1) is 19.7. The number of aromatic nitrogens is 1. The number of nitrogens with one attached hydrogen (secondary N) is 3. The molecule has 0 spiro atoms. The van der Waals surface area contributed by atoms with Gasteiger partial charge in [0, 0.05) is 38.4 Å². The molecular formula is C19H24ClN5O. The molecule has 26 heavy (non-hydrogen) atoms. The first-order chi connectivity index (χ1) is 12.6. The van der Waals surface area contributed by atoms with Gasteiger partial charge in [-0.25, -0.2) is 4.98 Å². The second kappa shape index (κ2) is 10.4. The molecule has 1 aromatic heterocycles. The average molecular weight is 374 g/mol. The van der Waals surface area contributed by atoms with Crippen molar-refractivity contribution in [3.8, 4) is 0 Å². The van der Waals surface area contributed by atoms with Gasteiger partial charge in [0.2, 0.25) is 0 Å². The highest BCUT2D eigenvalue weighted by molar-refractivity contribution is 6.29. The van der Waals surface area contributed by atoms with E-state index in [0.29, 0.717) is 29.8 Å². The zero-order valence-electron chi connectivity index (χ0n) is 15.1. The molecule has 138 valence electrons. The first-order valence-corrected chi connectivity index (χ1v) is 8.86. The molecule has 0 saturated carbocycles. The SMILES string of the molecule is CN=C(NCCNC(=O)c1cccc(C)c1)NCCc1ccc(Cl)nc1. The van der Waals surface area contributed by atoms with Crippen molar-refractivity contribution in [3.05, 3.63) is 64.4 Å². The molecule has 1 heterocycles. The maximum Gasteiger partial charge on any atom is 0.251 e. The van der Waals surface area contributed by atoms with Crippen LogP contribution < -0.4 is 16.0 Å². The highest BCUT2D eigenvalue weighted by Gasteiger charge is 2.04. The Morgan fingerprint density at radius 2 is 1.88 bits per heavy atom. The van der Waals surface area contributed by atoms with Crippen LogP contribution in [0.15, 0.2) is 47.6 Å². The molecule has 0 saturated heterocycles. The quantitative estimate of drug-likeness (QED) is 0.301. The molecule has 1 aromatic carbocycles. The van der Waals surface area contributed by atoms with Gasteiger partial charge < -0.3 is 16.0 Å². The zero-order valence-corrected chi connectivity index (χ0v) is 15.8. The van der Waals surface area contributed by atoms with Gasteiger partial charge in [0.15, 0.2) is 5.96 Å². The van der Waals surface area contributed by atoms with Crippen molar-refractivity contribution in [2.75, 3.05) is 26.7 Å². The third kappa shape index (κ3) is 6.72. The lowest BCUT2D eigenvalue weighted by Gasteiger charge is -2.12. The van der Waals surface area contributed by atoms with E-state index < -0.39 is 0 Å². The molecule has 0 fully saturated rings. The number of halogens is 1. The Kier molecular flexibility index (Phi) is 7.89. The third-order valence-electron chi connectivity index (χ3n) is 3.70. The van der Waals surface area contributed by atoms with Crippen molar-refractivity contribution in [1.82, 2.24) is 20.9 Å². The Balaban J connectivity index is 1.65. The van der Waals surface area contributed by atoms with Crippen LogP contribution in [-0.2, 0) is 6.42 Å². The van der Waals surface area contributed by atoms with Gasteiger partial charge in [-0.05, 0) is 37.1 Å². The van der Waals surface area contributed by atoms with Gasteiger partial charge in [-0.3, -0.25) is 9.79 Å². The van der Waals surface area contributed by atoms with Crippen molar-refractivity contribution in [2.24, 2.45) is 4.99 Å². The van der Waals surface area contributed by atoms with Crippen molar-refractivity contribution in [3.63, 3.8) is 0 Å². The highest BCUT2D eigenvalue weighted by atomic mass is 35.5.